The molecule has 7 rings (SSSR count). The maximum atomic E-state index is 14.4. The smallest absolute Gasteiger partial charge is 0.270 e. The highest BCUT2D eigenvalue weighted by Gasteiger charge is 2.27. The van der Waals surface area contributed by atoms with Gasteiger partial charge in [-0.2, -0.15) is 0 Å². The van der Waals surface area contributed by atoms with E-state index in [9.17, 15) is 8.42 Å². The summed E-state index contributed by atoms with van der Waals surface area (Å²) < 4.78 is 32.3. The average Bonchev–Trinajstić information content (AvgIpc) is 3.42. The number of benzene rings is 4. The zero-order chi connectivity index (χ0) is 23.6. The number of nitrogens with zero attached hydrogens (tertiary/aromatic N) is 3. The predicted octanol–water partition coefficient (Wildman–Crippen LogP) is 6.52. The summed E-state index contributed by atoms with van der Waals surface area (Å²) in [7, 11) is -3.97. The molecule has 0 bridgehead atoms. The third-order valence-corrected chi connectivity index (χ3v) is 8.37. The van der Waals surface area contributed by atoms with E-state index in [4.69, 9.17) is 0 Å². The SMILES string of the molecule is O=S(=O)(c1ccccc1-n1c2ccccc2c2cccnc21)n1c2ccccc2c2ccccc21. The number of fused-ring (bicyclic) bond motifs is 6. The van der Waals surface area contributed by atoms with Crippen molar-refractivity contribution < 1.29 is 8.42 Å². The van der Waals surface area contributed by atoms with Gasteiger partial charge in [0.1, 0.15) is 10.5 Å². The van der Waals surface area contributed by atoms with E-state index in [1.54, 1.807) is 18.3 Å². The monoisotopic (exact) mass is 473 g/mol. The quantitative estimate of drug-likeness (QED) is 0.293. The van der Waals surface area contributed by atoms with Crippen LogP contribution in [0.25, 0.3) is 49.4 Å². The molecular formula is C29H19N3O2S. The van der Waals surface area contributed by atoms with Gasteiger partial charge in [-0.3, -0.25) is 4.57 Å². The molecule has 3 aromatic heterocycles. The predicted molar refractivity (Wildman–Crippen MR) is 141 cm³/mol. The molecular weight excluding hydrogens is 454 g/mol. The molecule has 6 heteroatoms. The van der Waals surface area contributed by atoms with Gasteiger partial charge in [0.15, 0.2) is 0 Å². The lowest BCUT2D eigenvalue weighted by atomic mass is 10.2. The summed E-state index contributed by atoms with van der Waals surface area (Å²) in [6.45, 7) is 0. The van der Waals surface area contributed by atoms with Crippen molar-refractivity contribution in [2.75, 3.05) is 0 Å². The lowest BCUT2D eigenvalue weighted by molar-refractivity contribution is 0.590. The summed E-state index contributed by atoms with van der Waals surface area (Å²) in [6.07, 6.45) is 1.74. The molecule has 0 aliphatic rings. The molecule has 0 N–H and O–H groups in total. The first-order valence-corrected chi connectivity index (χ1v) is 12.8. The van der Waals surface area contributed by atoms with E-state index in [0.29, 0.717) is 16.7 Å². The third kappa shape index (κ3) is 2.74. The van der Waals surface area contributed by atoms with Crippen LogP contribution in [-0.2, 0) is 10.0 Å². The van der Waals surface area contributed by atoms with Gasteiger partial charge in [-0.25, -0.2) is 17.4 Å². The number of hydrogen-bond donors (Lipinski definition) is 0. The van der Waals surface area contributed by atoms with Crippen LogP contribution in [0.4, 0.5) is 0 Å². The van der Waals surface area contributed by atoms with E-state index in [-0.39, 0.29) is 4.90 Å². The molecule has 0 spiro atoms. The van der Waals surface area contributed by atoms with Crippen molar-refractivity contribution in [2.45, 2.75) is 4.90 Å². The molecule has 35 heavy (non-hydrogen) atoms. The van der Waals surface area contributed by atoms with Gasteiger partial charge in [0.2, 0.25) is 0 Å². The number of para-hydroxylation sites is 4. The Bertz CT molecular complexity index is 1930. The summed E-state index contributed by atoms with van der Waals surface area (Å²) in [5, 5.41) is 3.82. The van der Waals surface area contributed by atoms with Crippen LogP contribution in [0.2, 0.25) is 0 Å². The minimum atomic E-state index is -3.97. The average molecular weight is 474 g/mol. The summed E-state index contributed by atoms with van der Waals surface area (Å²) in [5.41, 5.74) is 3.51. The fourth-order valence-corrected chi connectivity index (χ4v) is 6.85. The lowest BCUT2D eigenvalue weighted by Crippen LogP contribution is -2.15. The minimum Gasteiger partial charge on any atom is -0.293 e. The second kappa shape index (κ2) is 7.29. The molecule has 0 amide bonds. The molecule has 0 saturated carbocycles. The number of rotatable bonds is 3. The van der Waals surface area contributed by atoms with Crippen molar-refractivity contribution in [3.63, 3.8) is 0 Å². The van der Waals surface area contributed by atoms with Crippen molar-refractivity contribution in [3.8, 4) is 5.69 Å². The van der Waals surface area contributed by atoms with Crippen molar-refractivity contribution in [3.05, 3.63) is 115 Å². The second-order valence-electron chi connectivity index (χ2n) is 8.50. The standard InChI is InChI=1S/C29H19N3O2S/c33-35(34,32-25-15-5-2-10-20(25)21-11-3-6-16-26(21)32)28-18-8-7-17-27(28)31-24-14-4-1-12-22(24)23-13-9-19-30-29(23)31/h1-19H. The van der Waals surface area contributed by atoms with Crippen LogP contribution in [0, 0.1) is 0 Å². The normalized spacial score (nSPS) is 12.2. The van der Waals surface area contributed by atoms with Crippen LogP contribution in [0.15, 0.2) is 120 Å². The third-order valence-electron chi connectivity index (χ3n) is 6.59. The van der Waals surface area contributed by atoms with Crippen molar-refractivity contribution in [2.24, 2.45) is 0 Å². The molecule has 168 valence electrons. The Morgan fingerprint density at radius 2 is 1.06 bits per heavy atom. The van der Waals surface area contributed by atoms with E-state index in [0.717, 1.165) is 32.7 Å². The largest absolute Gasteiger partial charge is 0.293 e. The van der Waals surface area contributed by atoms with Crippen LogP contribution < -0.4 is 0 Å². The second-order valence-corrected chi connectivity index (χ2v) is 10.3. The van der Waals surface area contributed by atoms with E-state index >= 15 is 0 Å². The van der Waals surface area contributed by atoms with Crippen LogP contribution in [0.5, 0.6) is 0 Å². The Morgan fingerprint density at radius 3 is 1.74 bits per heavy atom. The highest BCUT2D eigenvalue weighted by molar-refractivity contribution is 7.90. The fourth-order valence-electron chi connectivity index (χ4n) is 5.14. The first-order valence-electron chi connectivity index (χ1n) is 11.3. The van der Waals surface area contributed by atoms with Gasteiger partial charge in [-0.05, 0) is 42.5 Å². The molecule has 0 aliphatic heterocycles. The fraction of sp³-hybridized carbons (Fsp3) is 0. The highest BCUT2D eigenvalue weighted by Crippen LogP contribution is 2.36. The summed E-state index contributed by atoms with van der Waals surface area (Å²) in [4.78, 5) is 4.86. The van der Waals surface area contributed by atoms with Gasteiger partial charge in [0.05, 0.1) is 22.2 Å². The van der Waals surface area contributed by atoms with Gasteiger partial charge in [0.25, 0.3) is 10.0 Å². The van der Waals surface area contributed by atoms with Crippen LogP contribution >= 0.6 is 0 Å². The van der Waals surface area contributed by atoms with Gasteiger partial charge < -0.3 is 0 Å². The topological polar surface area (TPSA) is 56.9 Å². The van der Waals surface area contributed by atoms with E-state index in [2.05, 4.69) is 4.98 Å². The molecule has 0 radical (unpaired) electrons. The maximum Gasteiger partial charge on any atom is 0.270 e. The van der Waals surface area contributed by atoms with Crippen molar-refractivity contribution in [1.82, 2.24) is 13.5 Å². The maximum absolute atomic E-state index is 14.4. The Hall–Kier alpha value is -4.42. The van der Waals surface area contributed by atoms with Crippen molar-refractivity contribution >= 4 is 53.8 Å². The first-order chi connectivity index (χ1) is 17.2. The number of hydrogen-bond acceptors (Lipinski definition) is 3. The van der Waals surface area contributed by atoms with Gasteiger partial charge in [0, 0.05) is 27.7 Å². The van der Waals surface area contributed by atoms with Crippen LogP contribution in [0.3, 0.4) is 0 Å². The number of aromatic nitrogens is 3. The molecule has 0 unspecified atom stereocenters. The molecule has 0 atom stereocenters. The number of pyridine rings is 1. The Morgan fingerprint density at radius 1 is 0.543 bits per heavy atom. The van der Waals surface area contributed by atoms with Crippen molar-refractivity contribution in [1.29, 1.82) is 0 Å². The van der Waals surface area contributed by atoms with Gasteiger partial charge >= 0.3 is 0 Å². The molecule has 5 nitrogen and oxygen atoms in total. The van der Waals surface area contributed by atoms with Gasteiger partial charge in [-0.1, -0.05) is 66.7 Å². The van der Waals surface area contributed by atoms with E-state index in [1.165, 1.54) is 3.97 Å². The Kier molecular flexibility index (Phi) is 4.16. The summed E-state index contributed by atoms with van der Waals surface area (Å²) in [5.74, 6) is 0. The molecule has 4 aromatic carbocycles. The zero-order valence-electron chi connectivity index (χ0n) is 18.5. The van der Waals surface area contributed by atoms with Crippen LogP contribution in [-0.4, -0.2) is 21.9 Å². The Balaban J connectivity index is 1.60. The van der Waals surface area contributed by atoms with E-state index < -0.39 is 10.0 Å². The zero-order valence-corrected chi connectivity index (χ0v) is 19.4. The summed E-state index contributed by atoms with van der Waals surface area (Å²) >= 11 is 0. The summed E-state index contributed by atoms with van der Waals surface area (Å²) in [6, 6.07) is 34.3. The van der Waals surface area contributed by atoms with Crippen LogP contribution in [0.1, 0.15) is 0 Å². The molecule has 7 aromatic rings. The molecule has 0 aliphatic carbocycles. The van der Waals surface area contributed by atoms with Gasteiger partial charge in [-0.15, -0.1) is 0 Å². The lowest BCUT2D eigenvalue weighted by Gasteiger charge is -2.15. The molecule has 3 heterocycles. The van der Waals surface area contributed by atoms with E-state index in [1.807, 2.05) is 102 Å². The minimum absolute atomic E-state index is 0.222. The Labute approximate surface area is 201 Å². The highest BCUT2D eigenvalue weighted by atomic mass is 32.2. The first kappa shape index (κ1) is 20.0. The molecule has 0 saturated heterocycles. The molecule has 0 fully saturated rings.